The van der Waals surface area contributed by atoms with E-state index in [1.807, 2.05) is 0 Å². The van der Waals surface area contributed by atoms with Crippen molar-refractivity contribution < 1.29 is 0 Å². The first-order chi connectivity index (χ1) is 8.44. The molecule has 0 aromatic carbocycles. The van der Waals surface area contributed by atoms with E-state index < -0.39 is 0 Å². The van der Waals surface area contributed by atoms with Gasteiger partial charge in [-0.2, -0.15) is 0 Å². The van der Waals surface area contributed by atoms with Gasteiger partial charge in [-0.1, -0.05) is 11.3 Å². The maximum absolute atomic E-state index is 11.0. The van der Waals surface area contributed by atoms with Crippen molar-refractivity contribution >= 4 is 11.3 Å². The standard InChI is InChI=1S/C12H16N4OS/c1-12(2,3)14-7-10-15-16-11(18-10)8-4-5-9(17)13-6-8/h4-6,14H,7H2,1-3H3,(H,13,17). The summed E-state index contributed by atoms with van der Waals surface area (Å²) in [6.45, 7) is 7.02. The third-order valence-corrected chi connectivity index (χ3v) is 3.24. The summed E-state index contributed by atoms with van der Waals surface area (Å²) in [7, 11) is 0. The van der Waals surface area contributed by atoms with Crippen LogP contribution >= 0.6 is 11.3 Å². The zero-order valence-electron chi connectivity index (χ0n) is 10.7. The molecule has 18 heavy (non-hydrogen) atoms. The maximum Gasteiger partial charge on any atom is 0.247 e. The molecule has 0 saturated heterocycles. The van der Waals surface area contributed by atoms with Crippen molar-refractivity contribution in [3.05, 3.63) is 33.7 Å². The summed E-state index contributed by atoms with van der Waals surface area (Å²) < 4.78 is 0. The Morgan fingerprint density at radius 3 is 2.72 bits per heavy atom. The van der Waals surface area contributed by atoms with Crippen LogP contribution < -0.4 is 10.9 Å². The van der Waals surface area contributed by atoms with Crippen LogP contribution in [-0.2, 0) is 6.54 Å². The monoisotopic (exact) mass is 264 g/mol. The van der Waals surface area contributed by atoms with Gasteiger partial charge < -0.3 is 10.3 Å². The van der Waals surface area contributed by atoms with Crippen LogP contribution in [0.15, 0.2) is 23.1 Å². The Kier molecular flexibility index (Phi) is 3.58. The predicted molar refractivity (Wildman–Crippen MR) is 72.6 cm³/mol. The van der Waals surface area contributed by atoms with E-state index >= 15 is 0 Å². The highest BCUT2D eigenvalue weighted by Crippen LogP contribution is 2.22. The Morgan fingerprint density at radius 2 is 2.11 bits per heavy atom. The van der Waals surface area contributed by atoms with Gasteiger partial charge in [0.15, 0.2) is 0 Å². The van der Waals surface area contributed by atoms with Gasteiger partial charge in [0.05, 0.1) is 6.54 Å². The molecule has 0 radical (unpaired) electrons. The summed E-state index contributed by atoms with van der Waals surface area (Å²) in [5, 5.41) is 13.4. The molecule has 6 heteroatoms. The first kappa shape index (κ1) is 12.9. The zero-order chi connectivity index (χ0) is 13.2. The quantitative estimate of drug-likeness (QED) is 0.886. The molecule has 0 bridgehead atoms. The van der Waals surface area contributed by atoms with Crippen LogP contribution in [-0.4, -0.2) is 20.7 Å². The second-order valence-corrected chi connectivity index (χ2v) is 6.11. The van der Waals surface area contributed by atoms with Gasteiger partial charge >= 0.3 is 0 Å². The number of pyridine rings is 1. The molecule has 0 atom stereocenters. The minimum atomic E-state index is -0.113. The fourth-order valence-electron chi connectivity index (χ4n) is 1.33. The number of hydrogen-bond donors (Lipinski definition) is 2. The van der Waals surface area contributed by atoms with Crippen LogP contribution in [0.25, 0.3) is 10.6 Å². The lowest BCUT2D eigenvalue weighted by Crippen LogP contribution is -2.35. The lowest BCUT2D eigenvalue weighted by Gasteiger charge is -2.19. The van der Waals surface area contributed by atoms with Crippen molar-refractivity contribution in [1.82, 2.24) is 20.5 Å². The molecule has 0 fully saturated rings. The van der Waals surface area contributed by atoms with Crippen molar-refractivity contribution in [2.45, 2.75) is 32.9 Å². The van der Waals surface area contributed by atoms with E-state index in [0.29, 0.717) is 6.54 Å². The maximum atomic E-state index is 11.0. The zero-order valence-corrected chi connectivity index (χ0v) is 11.5. The first-order valence-corrected chi connectivity index (χ1v) is 6.52. The average molecular weight is 264 g/mol. The van der Waals surface area contributed by atoms with Gasteiger partial charge in [0, 0.05) is 23.4 Å². The van der Waals surface area contributed by atoms with Gasteiger partial charge in [-0.05, 0) is 26.8 Å². The molecule has 2 heterocycles. The van der Waals surface area contributed by atoms with E-state index in [9.17, 15) is 4.79 Å². The summed E-state index contributed by atoms with van der Waals surface area (Å²) in [5.74, 6) is 0. The smallest absolute Gasteiger partial charge is 0.247 e. The molecule has 0 unspecified atom stereocenters. The molecular weight excluding hydrogens is 248 g/mol. The number of aromatic nitrogens is 3. The van der Waals surface area contributed by atoms with Crippen molar-refractivity contribution in [1.29, 1.82) is 0 Å². The fourth-order valence-corrected chi connectivity index (χ4v) is 2.10. The molecule has 0 amide bonds. The fraction of sp³-hybridized carbons (Fsp3) is 0.417. The third kappa shape index (κ3) is 3.48. The van der Waals surface area contributed by atoms with E-state index in [2.05, 4.69) is 41.3 Å². The van der Waals surface area contributed by atoms with E-state index in [0.717, 1.165) is 15.6 Å². The van der Waals surface area contributed by atoms with E-state index in [1.165, 1.54) is 17.4 Å². The minimum absolute atomic E-state index is 0.0593. The Labute approximate surface area is 109 Å². The van der Waals surface area contributed by atoms with Crippen LogP contribution in [0.1, 0.15) is 25.8 Å². The molecule has 2 aromatic heterocycles. The Balaban J connectivity index is 2.10. The normalized spacial score (nSPS) is 11.7. The Bertz CT molecular complexity index is 562. The van der Waals surface area contributed by atoms with Gasteiger partial charge in [0.1, 0.15) is 10.0 Å². The van der Waals surface area contributed by atoms with Gasteiger partial charge in [0.2, 0.25) is 5.56 Å². The molecule has 2 rings (SSSR count). The molecule has 0 aliphatic heterocycles. The highest BCUT2D eigenvalue weighted by Gasteiger charge is 2.11. The van der Waals surface area contributed by atoms with Crippen LogP contribution in [0.3, 0.4) is 0 Å². The van der Waals surface area contributed by atoms with E-state index in [4.69, 9.17) is 0 Å². The lowest BCUT2D eigenvalue weighted by molar-refractivity contribution is 0.423. The number of nitrogens with one attached hydrogen (secondary N) is 2. The number of H-pyrrole nitrogens is 1. The number of nitrogens with zero attached hydrogens (tertiary/aromatic N) is 2. The second kappa shape index (κ2) is 4.99. The van der Waals surface area contributed by atoms with Gasteiger partial charge in [-0.15, -0.1) is 10.2 Å². The first-order valence-electron chi connectivity index (χ1n) is 5.70. The second-order valence-electron chi connectivity index (χ2n) is 5.05. The number of hydrogen-bond acceptors (Lipinski definition) is 5. The average Bonchev–Trinajstić information content (AvgIpc) is 2.75. The van der Waals surface area contributed by atoms with Gasteiger partial charge in [-0.25, -0.2) is 0 Å². The number of rotatable bonds is 3. The molecule has 2 aromatic rings. The lowest BCUT2D eigenvalue weighted by atomic mass is 10.1. The van der Waals surface area contributed by atoms with E-state index in [-0.39, 0.29) is 11.1 Å². The summed E-state index contributed by atoms with van der Waals surface area (Å²) in [6.07, 6.45) is 1.66. The van der Waals surface area contributed by atoms with Crippen molar-refractivity contribution in [3.63, 3.8) is 0 Å². The molecule has 5 nitrogen and oxygen atoms in total. The highest BCUT2D eigenvalue weighted by atomic mass is 32.1. The van der Waals surface area contributed by atoms with E-state index in [1.54, 1.807) is 12.3 Å². The Hall–Kier alpha value is -1.53. The van der Waals surface area contributed by atoms with Crippen molar-refractivity contribution in [2.75, 3.05) is 0 Å². The molecular formula is C12H16N4OS. The SMILES string of the molecule is CC(C)(C)NCc1nnc(-c2ccc(=O)[nH]c2)s1. The van der Waals surface area contributed by atoms with Crippen molar-refractivity contribution in [3.8, 4) is 10.6 Å². The summed E-state index contributed by atoms with van der Waals surface area (Å²) >= 11 is 1.53. The van der Waals surface area contributed by atoms with Gasteiger partial charge in [0.25, 0.3) is 0 Å². The molecule has 0 spiro atoms. The largest absolute Gasteiger partial charge is 0.328 e. The predicted octanol–water partition coefficient (Wildman–Crippen LogP) is 1.78. The number of aromatic amines is 1. The van der Waals surface area contributed by atoms with Crippen LogP contribution in [0.4, 0.5) is 0 Å². The van der Waals surface area contributed by atoms with Crippen LogP contribution in [0.2, 0.25) is 0 Å². The minimum Gasteiger partial charge on any atom is -0.328 e. The summed E-state index contributed by atoms with van der Waals surface area (Å²) in [5.41, 5.74) is 0.830. The van der Waals surface area contributed by atoms with Crippen LogP contribution in [0.5, 0.6) is 0 Å². The molecule has 2 N–H and O–H groups in total. The molecule has 0 aliphatic carbocycles. The van der Waals surface area contributed by atoms with Crippen LogP contribution in [0, 0.1) is 0 Å². The highest BCUT2D eigenvalue weighted by molar-refractivity contribution is 7.14. The molecule has 96 valence electrons. The third-order valence-electron chi connectivity index (χ3n) is 2.27. The van der Waals surface area contributed by atoms with Crippen molar-refractivity contribution in [2.24, 2.45) is 0 Å². The topological polar surface area (TPSA) is 70.7 Å². The molecule has 0 saturated carbocycles. The van der Waals surface area contributed by atoms with Gasteiger partial charge in [-0.3, -0.25) is 4.79 Å². The Morgan fingerprint density at radius 1 is 1.33 bits per heavy atom. The molecule has 0 aliphatic rings. The summed E-state index contributed by atoms with van der Waals surface area (Å²) in [4.78, 5) is 13.6. The summed E-state index contributed by atoms with van der Waals surface area (Å²) in [6, 6.07) is 3.24.